The summed E-state index contributed by atoms with van der Waals surface area (Å²) < 4.78 is 33.8. The Morgan fingerprint density at radius 2 is 1.62 bits per heavy atom. The SMILES string of the molecule is CCCCc1oc2ccccc2c1C(=O)c1ccc(NS(=O)(=O)c2ccc(C)cc2)cc1. The Kier molecular flexibility index (Phi) is 6.15. The van der Waals surface area contributed by atoms with Crippen molar-refractivity contribution >= 4 is 32.5 Å². The number of nitrogens with one attached hydrogen (secondary N) is 1. The summed E-state index contributed by atoms with van der Waals surface area (Å²) in [5.41, 5.74) is 3.14. The van der Waals surface area contributed by atoms with Gasteiger partial charge in [-0.2, -0.15) is 0 Å². The molecule has 4 aromatic rings. The van der Waals surface area contributed by atoms with Gasteiger partial charge < -0.3 is 4.42 Å². The molecule has 3 aromatic carbocycles. The molecular formula is C26H25NO4S. The van der Waals surface area contributed by atoms with Gasteiger partial charge in [0.2, 0.25) is 0 Å². The van der Waals surface area contributed by atoms with Crippen molar-refractivity contribution in [3.63, 3.8) is 0 Å². The lowest BCUT2D eigenvalue weighted by molar-refractivity contribution is 0.103. The summed E-state index contributed by atoms with van der Waals surface area (Å²) in [4.78, 5) is 13.5. The fraction of sp³-hybridized carbons (Fsp3) is 0.192. The van der Waals surface area contributed by atoms with Crippen molar-refractivity contribution in [2.75, 3.05) is 4.72 Å². The predicted molar refractivity (Wildman–Crippen MR) is 127 cm³/mol. The minimum atomic E-state index is -3.70. The highest BCUT2D eigenvalue weighted by Crippen LogP contribution is 2.30. The predicted octanol–water partition coefficient (Wildman–Crippen LogP) is 6.12. The average Bonchev–Trinajstić information content (AvgIpc) is 3.16. The molecule has 32 heavy (non-hydrogen) atoms. The van der Waals surface area contributed by atoms with Crippen molar-refractivity contribution in [2.45, 2.75) is 38.0 Å². The monoisotopic (exact) mass is 447 g/mol. The lowest BCUT2D eigenvalue weighted by Gasteiger charge is -2.09. The summed E-state index contributed by atoms with van der Waals surface area (Å²) in [6.45, 7) is 4.00. The largest absolute Gasteiger partial charge is 0.460 e. The number of sulfonamides is 1. The van der Waals surface area contributed by atoms with Crippen LogP contribution in [0, 0.1) is 6.92 Å². The molecule has 0 fully saturated rings. The second kappa shape index (κ2) is 9.01. The van der Waals surface area contributed by atoms with E-state index in [1.54, 1.807) is 48.5 Å². The Morgan fingerprint density at radius 3 is 2.31 bits per heavy atom. The van der Waals surface area contributed by atoms with Crippen LogP contribution in [-0.4, -0.2) is 14.2 Å². The molecule has 0 aliphatic heterocycles. The highest BCUT2D eigenvalue weighted by molar-refractivity contribution is 7.92. The number of furan rings is 1. The van der Waals surface area contributed by atoms with Crippen LogP contribution in [0.15, 0.2) is 82.1 Å². The zero-order valence-electron chi connectivity index (χ0n) is 18.1. The van der Waals surface area contributed by atoms with E-state index in [-0.39, 0.29) is 10.7 Å². The van der Waals surface area contributed by atoms with E-state index in [0.29, 0.717) is 34.6 Å². The molecule has 164 valence electrons. The molecule has 0 radical (unpaired) electrons. The third-order valence-corrected chi connectivity index (χ3v) is 6.78. The second-order valence-electron chi connectivity index (χ2n) is 7.82. The van der Waals surface area contributed by atoms with Crippen LogP contribution < -0.4 is 4.72 Å². The van der Waals surface area contributed by atoms with Crippen LogP contribution in [0.3, 0.4) is 0 Å². The van der Waals surface area contributed by atoms with Crippen molar-refractivity contribution < 1.29 is 17.6 Å². The number of fused-ring (bicyclic) bond motifs is 1. The van der Waals surface area contributed by atoms with Crippen LogP contribution in [0.1, 0.15) is 47.0 Å². The Labute approximate surface area is 188 Å². The third-order valence-electron chi connectivity index (χ3n) is 5.38. The second-order valence-corrected chi connectivity index (χ2v) is 9.51. The zero-order chi connectivity index (χ0) is 22.7. The van der Waals surface area contributed by atoms with Crippen LogP contribution in [0.4, 0.5) is 5.69 Å². The molecule has 0 saturated carbocycles. The van der Waals surface area contributed by atoms with Crippen LogP contribution in [-0.2, 0) is 16.4 Å². The fourth-order valence-electron chi connectivity index (χ4n) is 3.62. The average molecular weight is 448 g/mol. The molecule has 0 saturated heterocycles. The Bertz CT molecular complexity index is 1350. The van der Waals surface area contributed by atoms with E-state index in [4.69, 9.17) is 4.42 Å². The molecule has 1 N–H and O–H groups in total. The normalized spacial score (nSPS) is 11.6. The number of rotatable bonds is 8. The third kappa shape index (κ3) is 4.46. The molecule has 6 heteroatoms. The molecule has 0 atom stereocenters. The minimum Gasteiger partial charge on any atom is -0.460 e. The first-order valence-corrected chi connectivity index (χ1v) is 12.1. The van der Waals surface area contributed by atoms with Crippen LogP contribution in [0.5, 0.6) is 0 Å². The highest BCUT2D eigenvalue weighted by Gasteiger charge is 2.22. The molecule has 4 rings (SSSR count). The molecule has 0 amide bonds. The number of benzene rings is 3. The lowest BCUT2D eigenvalue weighted by atomic mass is 9.98. The zero-order valence-corrected chi connectivity index (χ0v) is 18.9. The van der Waals surface area contributed by atoms with Gasteiger partial charge in [-0.25, -0.2) is 8.42 Å². The number of anilines is 1. The molecule has 1 aromatic heterocycles. The van der Waals surface area contributed by atoms with Gasteiger partial charge in [0.25, 0.3) is 10.0 Å². The van der Waals surface area contributed by atoms with Crippen molar-refractivity contribution in [3.05, 3.63) is 95.2 Å². The smallest absolute Gasteiger partial charge is 0.261 e. The van der Waals surface area contributed by atoms with Gasteiger partial charge >= 0.3 is 0 Å². The fourth-order valence-corrected chi connectivity index (χ4v) is 4.68. The van der Waals surface area contributed by atoms with E-state index in [2.05, 4.69) is 11.6 Å². The van der Waals surface area contributed by atoms with Crippen LogP contribution >= 0.6 is 0 Å². The molecule has 1 heterocycles. The van der Waals surface area contributed by atoms with Crippen LogP contribution in [0.2, 0.25) is 0 Å². The lowest BCUT2D eigenvalue weighted by Crippen LogP contribution is -2.13. The maximum absolute atomic E-state index is 13.4. The first-order chi connectivity index (χ1) is 15.4. The first kappa shape index (κ1) is 21.8. The molecule has 0 unspecified atom stereocenters. The van der Waals surface area contributed by atoms with Gasteiger partial charge in [0.1, 0.15) is 11.3 Å². The van der Waals surface area contributed by atoms with Gasteiger partial charge in [0, 0.05) is 23.1 Å². The van der Waals surface area contributed by atoms with E-state index in [0.717, 1.165) is 23.8 Å². The summed E-state index contributed by atoms with van der Waals surface area (Å²) >= 11 is 0. The van der Waals surface area contributed by atoms with Crippen molar-refractivity contribution in [3.8, 4) is 0 Å². The number of ketones is 1. The van der Waals surface area contributed by atoms with Crippen LogP contribution in [0.25, 0.3) is 11.0 Å². The maximum atomic E-state index is 13.4. The summed E-state index contributed by atoms with van der Waals surface area (Å²) in [5, 5.41) is 0.799. The number of para-hydroxylation sites is 1. The molecule has 5 nitrogen and oxygen atoms in total. The number of aryl methyl sites for hydroxylation is 2. The van der Waals surface area contributed by atoms with Gasteiger partial charge in [-0.1, -0.05) is 49.2 Å². The maximum Gasteiger partial charge on any atom is 0.261 e. The molecule has 0 spiro atoms. The van der Waals surface area contributed by atoms with E-state index in [1.165, 1.54) is 0 Å². The molecule has 0 aliphatic rings. The quantitative estimate of drug-likeness (QED) is 0.330. The number of carbonyl (C=O) groups excluding carboxylic acids is 1. The van der Waals surface area contributed by atoms with Gasteiger partial charge in [0.15, 0.2) is 5.78 Å². The topological polar surface area (TPSA) is 76.4 Å². The summed E-state index contributed by atoms with van der Waals surface area (Å²) in [5.74, 6) is 0.566. The standard InChI is InChI=1S/C26H25NO4S/c1-3-4-8-24-25(22-7-5-6-9-23(22)31-24)26(28)19-12-14-20(15-13-19)27-32(29,30)21-16-10-18(2)11-17-21/h5-7,9-17,27H,3-4,8H2,1-2H3. The molecule has 0 bridgehead atoms. The van der Waals surface area contributed by atoms with E-state index in [9.17, 15) is 13.2 Å². The number of hydrogen-bond acceptors (Lipinski definition) is 4. The Balaban J connectivity index is 1.61. The van der Waals surface area contributed by atoms with Crippen molar-refractivity contribution in [1.29, 1.82) is 0 Å². The van der Waals surface area contributed by atoms with Crippen molar-refractivity contribution in [2.24, 2.45) is 0 Å². The van der Waals surface area contributed by atoms with E-state index < -0.39 is 10.0 Å². The van der Waals surface area contributed by atoms with E-state index >= 15 is 0 Å². The minimum absolute atomic E-state index is 0.131. The number of carbonyl (C=O) groups is 1. The molecule has 0 aliphatic carbocycles. The molecular weight excluding hydrogens is 422 g/mol. The van der Waals surface area contributed by atoms with Crippen molar-refractivity contribution in [1.82, 2.24) is 0 Å². The summed E-state index contributed by atoms with van der Waals surface area (Å²) in [6, 6.07) is 20.7. The van der Waals surface area contributed by atoms with Gasteiger partial charge in [-0.3, -0.25) is 9.52 Å². The van der Waals surface area contributed by atoms with Gasteiger partial charge in [-0.15, -0.1) is 0 Å². The van der Waals surface area contributed by atoms with Gasteiger partial charge in [0.05, 0.1) is 10.5 Å². The first-order valence-electron chi connectivity index (χ1n) is 10.6. The van der Waals surface area contributed by atoms with E-state index in [1.807, 2.05) is 31.2 Å². The van der Waals surface area contributed by atoms with Gasteiger partial charge in [-0.05, 0) is 55.8 Å². The number of unbranched alkanes of at least 4 members (excludes halogenated alkanes) is 1. The highest BCUT2D eigenvalue weighted by atomic mass is 32.2. The Hall–Kier alpha value is -3.38. The summed E-state index contributed by atoms with van der Waals surface area (Å²) in [6.07, 6.45) is 2.63. The number of hydrogen-bond donors (Lipinski definition) is 1. The summed E-state index contributed by atoms with van der Waals surface area (Å²) in [7, 11) is -3.70. The Morgan fingerprint density at radius 1 is 0.938 bits per heavy atom.